The molecule has 0 saturated heterocycles. The quantitative estimate of drug-likeness (QED) is 0.571. The maximum Gasteiger partial charge on any atom is 0.356 e. The van der Waals surface area contributed by atoms with Crippen LogP contribution in [-0.4, -0.2) is 59.9 Å². The molecule has 11 nitrogen and oxygen atoms in total. The predicted octanol–water partition coefficient (Wildman–Crippen LogP) is 1.46. The minimum absolute atomic E-state index is 0.0905. The molecule has 1 unspecified atom stereocenters. The standard InChI is InChI=1S/C16H29N6O5P/c1-9(2)15(23)20-16-19-13(17)14-18-12(7-22(14)21-16)25-8-28(24,26-10(3)4)27-11(5)6/h9-12H,7-8H2,1-6H3,(H3,17,19,20,21,23). The molecule has 1 atom stereocenters. The van der Waals surface area contributed by atoms with Gasteiger partial charge in [-0.05, 0) is 27.7 Å². The first-order valence-corrected chi connectivity index (χ1v) is 10.9. The highest BCUT2D eigenvalue weighted by atomic mass is 31.2. The Morgan fingerprint density at radius 1 is 1.25 bits per heavy atom. The van der Waals surface area contributed by atoms with Crippen LogP contribution in [0.15, 0.2) is 15.1 Å². The summed E-state index contributed by atoms with van der Waals surface area (Å²) in [4.78, 5) is 20.2. The van der Waals surface area contributed by atoms with Crippen molar-refractivity contribution in [1.29, 1.82) is 0 Å². The molecule has 158 valence electrons. The van der Waals surface area contributed by atoms with Gasteiger partial charge in [-0.2, -0.15) is 4.99 Å². The monoisotopic (exact) mass is 416 g/mol. The molecule has 2 aliphatic rings. The molecule has 0 aromatic heterocycles. The highest BCUT2D eigenvalue weighted by Crippen LogP contribution is 2.50. The number of carbonyl (C=O) groups excluding carboxylic acids is 1. The third-order valence-electron chi connectivity index (χ3n) is 3.44. The lowest BCUT2D eigenvalue weighted by molar-refractivity contribution is -0.122. The molecule has 3 N–H and O–H groups in total. The second-order valence-corrected chi connectivity index (χ2v) is 9.17. The van der Waals surface area contributed by atoms with E-state index in [9.17, 15) is 9.36 Å². The molecule has 12 heteroatoms. The van der Waals surface area contributed by atoms with Crippen molar-refractivity contribution in [3.63, 3.8) is 0 Å². The van der Waals surface area contributed by atoms with Crippen molar-refractivity contribution in [3.8, 4) is 0 Å². The molecule has 0 aromatic rings. The summed E-state index contributed by atoms with van der Waals surface area (Å²) in [7, 11) is -3.45. The Hall–Kier alpha value is -1.81. The Labute approximate surface area is 164 Å². The number of nitrogens with zero attached hydrogens (tertiary/aromatic N) is 4. The number of amides is 1. The average Bonchev–Trinajstić information content (AvgIpc) is 2.95. The lowest BCUT2D eigenvalue weighted by Crippen LogP contribution is -2.44. The molecule has 0 spiro atoms. The van der Waals surface area contributed by atoms with Crippen molar-refractivity contribution in [2.45, 2.75) is 60.0 Å². The number of hydrogen-bond donors (Lipinski definition) is 2. The van der Waals surface area contributed by atoms with Crippen molar-refractivity contribution in [1.82, 2.24) is 10.3 Å². The van der Waals surface area contributed by atoms with E-state index in [0.717, 1.165) is 0 Å². The van der Waals surface area contributed by atoms with Gasteiger partial charge in [-0.25, -0.2) is 10.0 Å². The largest absolute Gasteiger partial charge is 0.380 e. The molecular weight excluding hydrogens is 387 g/mol. The maximum atomic E-state index is 12.9. The predicted molar refractivity (Wildman–Crippen MR) is 106 cm³/mol. The first-order valence-electron chi connectivity index (χ1n) is 9.16. The van der Waals surface area contributed by atoms with Crippen molar-refractivity contribution >= 4 is 31.1 Å². The van der Waals surface area contributed by atoms with Gasteiger partial charge in [0.2, 0.25) is 11.9 Å². The topological polar surface area (TPSA) is 140 Å². The second kappa shape index (κ2) is 9.13. The van der Waals surface area contributed by atoms with Crippen molar-refractivity contribution in [2.24, 2.45) is 26.7 Å². The average molecular weight is 416 g/mol. The van der Waals surface area contributed by atoms with Crippen LogP contribution >= 0.6 is 7.60 Å². The molecule has 0 saturated carbocycles. The highest BCUT2D eigenvalue weighted by Gasteiger charge is 2.35. The Kier molecular flexibility index (Phi) is 7.33. The van der Waals surface area contributed by atoms with Gasteiger partial charge in [0.25, 0.3) is 0 Å². The first kappa shape index (κ1) is 22.5. The van der Waals surface area contributed by atoms with Crippen molar-refractivity contribution in [2.75, 3.05) is 12.9 Å². The number of rotatable bonds is 8. The number of aliphatic imine (C=N–C) groups is 2. The number of nitrogens with one attached hydrogen (secondary N) is 1. The minimum Gasteiger partial charge on any atom is -0.380 e. The van der Waals surface area contributed by atoms with Crippen LogP contribution in [0.3, 0.4) is 0 Å². The fourth-order valence-corrected chi connectivity index (χ4v) is 4.18. The smallest absolute Gasteiger partial charge is 0.356 e. The van der Waals surface area contributed by atoms with Gasteiger partial charge in [-0.1, -0.05) is 13.8 Å². The molecule has 0 bridgehead atoms. The highest BCUT2D eigenvalue weighted by molar-refractivity contribution is 7.53. The molecule has 0 fully saturated rings. The number of carbonyl (C=O) groups is 1. The number of ether oxygens (including phenoxy) is 1. The Morgan fingerprint density at radius 3 is 2.39 bits per heavy atom. The zero-order valence-electron chi connectivity index (χ0n) is 17.1. The summed E-state index contributed by atoms with van der Waals surface area (Å²) in [6.45, 7) is 10.8. The van der Waals surface area contributed by atoms with Crippen LogP contribution in [0.25, 0.3) is 0 Å². The molecule has 0 radical (unpaired) electrons. The van der Waals surface area contributed by atoms with Crippen LogP contribution in [-0.2, 0) is 23.1 Å². The van der Waals surface area contributed by atoms with Gasteiger partial charge in [0.05, 0.1) is 18.8 Å². The lowest BCUT2D eigenvalue weighted by Gasteiger charge is -2.23. The molecule has 0 aliphatic carbocycles. The molecule has 2 aliphatic heterocycles. The molecule has 2 heterocycles. The Balaban J connectivity index is 2.02. The van der Waals surface area contributed by atoms with Crippen LogP contribution in [0.4, 0.5) is 0 Å². The Morgan fingerprint density at radius 2 is 1.86 bits per heavy atom. The molecule has 0 aromatic carbocycles. The van der Waals surface area contributed by atoms with Crippen LogP contribution in [0.5, 0.6) is 0 Å². The number of nitrogens with two attached hydrogens (primary N) is 1. The van der Waals surface area contributed by atoms with Crippen LogP contribution in [0.2, 0.25) is 0 Å². The number of hydrazone groups is 1. The van der Waals surface area contributed by atoms with E-state index in [2.05, 4.69) is 20.4 Å². The third-order valence-corrected chi connectivity index (χ3v) is 5.39. The van der Waals surface area contributed by atoms with E-state index in [1.807, 2.05) is 0 Å². The third kappa shape index (κ3) is 6.10. The van der Waals surface area contributed by atoms with Gasteiger partial charge < -0.3 is 19.5 Å². The molecule has 1 amide bonds. The van der Waals surface area contributed by atoms with Crippen LogP contribution < -0.4 is 11.1 Å². The van der Waals surface area contributed by atoms with Gasteiger partial charge in [-0.3, -0.25) is 14.7 Å². The molecular formula is C16H29N6O5P. The van der Waals surface area contributed by atoms with Crippen LogP contribution in [0.1, 0.15) is 41.5 Å². The number of guanidine groups is 1. The van der Waals surface area contributed by atoms with Gasteiger partial charge in [0.15, 0.2) is 24.2 Å². The first-order chi connectivity index (χ1) is 13.0. The van der Waals surface area contributed by atoms with E-state index in [1.54, 1.807) is 41.5 Å². The summed E-state index contributed by atoms with van der Waals surface area (Å²) >= 11 is 0. The minimum atomic E-state index is -3.45. The SMILES string of the molecule is CC(C)OP(=O)(COC1CN2N=C(NC(=O)C(C)C)N=C(N)C2=N1)OC(C)C. The molecule has 2 rings (SSSR count). The van der Waals surface area contributed by atoms with Gasteiger partial charge >= 0.3 is 7.60 Å². The summed E-state index contributed by atoms with van der Waals surface area (Å²) in [5.74, 6) is 0.0880. The molecule has 28 heavy (non-hydrogen) atoms. The lowest BCUT2D eigenvalue weighted by atomic mass is 10.2. The van der Waals surface area contributed by atoms with Gasteiger partial charge in [0, 0.05) is 5.92 Å². The maximum absolute atomic E-state index is 12.9. The van der Waals surface area contributed by atoms with Gasteiger partial charge in [-0.15, -0.1) is 5.10 Å². The van der Waals surface area contributed by atoms with E-state index in [-0.39, 0.29) is 48.7 Å². The fraction of sp³-hybridized carbons (Fsp3) is 0.750. The summed E-state index contributed by atoms with van der Waals surface area (Å²) < 4.78 is 29.4. The van der Waals surface area contributed by atoms with Crippen molar-refractivity contribution < 1.29 is 23.1 Å². The van der Waals surface area contributed by atoms with E-state index in [0.29, 0.717) is 5.84 Å². The van der Waals surface area contributed by atoms with E-state index in [1.165, 1.54) is 5.01 Å². The van der Waals surface area contributed by atoms with Crippen molar-refractivity contribution in [3.05, 3.63) is 0 Å². The zero-order valence-corrected chi connectivity index (χ0v) is 18.0. The van der Waals surface area contributed by atoms with E-state index >= 15 is 0 Å². The number of hydrogen-bond acceptors (Lipinski definition) is 10. The zero-order chi connectivity index (χ0) is 21.1. The normalized spacial score (nSPS) is 19.7. The van der Waals surface area contributed by atoms with E-state index in [4.69, 9.17) is 19.5 Å². The summed E-state index contributed by atoms with van der Waals surface area (Å²) in [5.41, 5.74) is 5.92. The summed E-state index contributed by atoms with van der Waals surface area (Å²) in [6, 6.07) is 0. The van der Waals surface area contributed by atoms with E-state index < -0.39 is 13.8 Å². The fourth-order valence-electron chi connectivity index (χ4n) is 2.37. The summed E-state index contributed by atoms with van der Waals surface area (Å²) in [6.07, 6.45) is -1.49. The van der Waals surface area contributed by atoms with Gasteiger partial charge in [0.1, 0.15) is 0 Å². The number of fused-ring (bicyclic) bond motifs is 1. The van der Waals surface area contributed by atoms with Crippen LogP contribution in [0, 0.1) is 5.92 Å². The second-order valence-electron chi connectivity index (χ2n) is 7.27. The Bertz CT molecular complexity index is 719. The number of amidine groups is 2. The summed E-state index contributed by atoms with van der Waals surface area (Å²) in [5, 5.41) is 8.30.